The third-order valence-electron chi connectivity index (χ3n) is 4.13. The Morgan fingerprint density at radius 3 is 2.24 bits per heavy atom. The number of thioether (sulfide) groups is 1. The number of carbonyl (C=O) groups excluding carboxylic acids is 2. The van der Waals surface area contributed by atoms with Crippen LogP contribution in [0.5, 0.6) is 17.2 Å². The molecule has 7 nitrogen and oxygen atoms in total. The van der Waals surface area contributed by atoms with E-state index in [1.54, 1.807) is 20.3 Å². The van der Waals surface area contributed by atoms with Crippen LogP contribution in [0, 0.1) is 13.8 Å². The number of hydrogen-bond donors (Lipinski definition) is 2. The van der Waals surface area contributed by atoms with Crippen LogP contribution >= 0.6 is 11.8 Å². The Kier molecular flexibility index (Phi) is 8.67. The number of nitrogens with one attached hydrogen (secondary N) is 2. The zero-order chi connectivity index (χ0) is 21.2. The average molecular weight is 419 g/mol. The van der Waals surface area contributed by atoms with Gasteiger partial charge in [0.05, 0.1) is 20.0 Å². The number of hydrazine groups is 1. The van der Waals surface area contributed by atoms with Crippen molar-refractivity contribution in [2.24, 2.45) is 0 Å². The van der Waals surface area contributed by atoms with E-state index in [1.807, 2.05) is 44.2 Å². The number of aryl methyl sites for hydroxylation is 2. The first-order chi connectivity index (χ1) is 13.9. The molecule has 2 aromatic rings. The molecule has 0 fully saturated rings. The van der Waals surface area contributed by atoms with Crippen molar-refractivity contribution in [1.82, 2.24) is 10.9 Å². The molecule has 0 aliphatic carbocycles. The summed E-state index contributed by atoms with van der Waals surface area (Å²) in [5.41, 5.74) is 7.78. The third-order valence-corrected chi connectivity index (χ3v) is 5.11. The number of amides is 2. The Hall–Kier alpha value is -2.87. The van der Waals surface area contributed by atoms with Crippen LogP contribution < -0.4 is 25.1 Å². The molecule has 0 radical (unpaired) electrons. The fraction of sp³-hybridized carbons (Fsp3) is 0.333. The van der Waals surface area contributed by atoms with Gasteiger partial charge in [0, 0.05) is 5.75 Å². The van der Waals surface area contributed by atoms with Crippen molar-refractivity contribution in [3.8, 4) is 17.2 Å². The molecule has 0 unspecified atom stereocenters. The van der Waals surface area contributed by atoms with Crippen LogP contribution in [-0.4, -0.2) is 38.4 Å². The van der Waals surface area contributed by atoms with E-state index in [-0.39, 0.29) is 18.3 Å². The minimum Gasteiger partial charge on any atom is -0.493 e. The van der Waals surface area contributed by atoms with E-state index in [1.165, 1.54) is 11.8 Å². The van der Waals surface area contributed by atoms with Gasteiger partial charge in [-0.1, -0.05) is 18.2 Å². The standard InChI is InChI=1S/C21H26N2O5S/c1-14-7-5-6-8-17(14)28-11-20(24)22-23-21(25)13-29-12-16-10-19(27-4)18(26-3)9-15(16)2/h5-10H,11-13H2,1-4H3,(H,22,24)(H,23,25). The van der Waals surface area contributed by atoms with Crippen LogP contribution in [0.4, 0.5) is 0 Å². The molecule has 2 rings (SSSR count). The minimum atomic E-state index is -0.428. The highest BCUT2D eigenvalue weighted by atomic mass is 32.2. The summed E-state index contributed by atoms with van der Waals surface area (Å²) >= 11 is 1.43. The van der Waals surface area contributed by atoms with Gasteiger partial charge >= 0.3 is 0 Å². The molecule has 2 amide bonds. The Bertz CT molecular complexity index is 857. The van der Waals surface area contributed by atoms with E-state index in [2.05, 4.69) is 10.9 Å². The molecule has 0 aromatic heterocycles. The van der Waals surface area contributed by atoms with Crippen LogP contribution in [0.1, 0.15) is 16.7 Å². The van der Waals surface area contributed by atoms with E-state index in [0.717, 1.165) is 16.7 Å². The number of rotatable bonds is 9. The van der Waals surface area contributed by atoms with Crippen LogP contribution in [0.2, 0.25) is 0 Å². The van der Waals surface area contributed by atoms with Gasteiger partial charge < -0.3 is 14.2 Å². The van der Waals surface area contributed by atoms with Gasteiger partial charge in [0.2, 0.25) is 5.91 Å². The lowest BCUT2D eigenvalue weighted by Crippen LogP contribution is -2.44. The summed E-state index contributed by atoms with van der Waals surface area (Å²) in [6.07, 6.45) is 0. The SMILES string of the molecule is COc1cc(C)c(CSCC(=O)NNC(=O)COc2ccccc2C)cc1OC. The normalized spacial score (nSPS) is 10.2. The smallest absolute Gasteiger partial charge is 0.276 e. The molecule has 2 aromatic carbocycles. The van der Waals surface area contributed by atoms with Crippen molar-refractivity contribution < 1.29 is 23.8 Å². The molecule has 2 N–H and O–H groups in total. The Balaban J connectivity index is 1.72. The Labute approximate surface area is 175 Å². The molecule has 0 saturated heterocycles. The monoisotopic (exact) mass is 418 g/mol. The molecule has 0 saturated carbocycles. The van der Waals surface area contributed by atoms with Crippen molar-refractivity contribution in [3.63, 3.8) is 0 Å². The van der Waals surface area contributed by atoms with Gasteiger partial charge in [0.25, 0.3) is 5.91 Å². The van der Waals surface area contributed by atoms with Crippen LogP contribution in [0.15, 0.2) is 36.4 Å². The third kappa shape index (κ3) is 6.90. The van der Waals surface area contributed by atoms with Crippen molar-refractivity contribution in [1.29, 1.82) is 0 Å². The lowest BCUT2D eigenvalue weighted by Gasteiger charge is -2.13. The lowest BCUT2D eigenvalue weighted by atomic mass is 10.1. The van der Waals surface area contributed by atoms with Gasteiger partial charge in [-0.25, -0.2) is 0 Å². The number of hydrogen-bond acceptors (Lipinski definition) is 6. The fourth-order valence-corrected chi connectivity index (χ4v) is 3.40. The quantitative estimate of drug-likeness (QED) is 0.609. The topological polar surface area (TPSA) is 85.9 Å². The first-order valence-electron chi connectivity index (χ1n) is 9.00. The van der Waals surface area contributed by atoms with Crippen molar-refractivity contribution in [2.45, 2.75) is 19.6 Å². The summed E-state index contributed by atoms with van der Waals surface area (Å²) in [6.45, 7) is 3.70. The summed E-state index contributed by atoms with van der Waals surface area (Å²) in [5, 5.41) is 0. The summed E-state index contributed by atoms with van der Waals surface area (Å²) in [5.74, 6) is 2.07. The largest absolute Gasteiger partial charge is 0.493 e. The molecule has 0 aliphatic rings. The zero-order valence-electron chi connectivity index (χ0n) is 17.0. The van der Waals surface area contributed by atoms with Crippen molar-refractivity contribution in [3.05, 3.63) is 53.1 Å². The molecular formula is C21H26N2O5S. The molecule has 0 bridgehead atoms. The number of ether oxygens (including phenoxy) is 3. The van der Waals surface area contributed by atoms with Gasteiger partial charge in [0.1, 0.15) is 5.75 Å². The molecule has 0 aliphatic heterocycles. The first-order valence-corrected chi connectivity index (χ1v) is 10.2. The maximum Gasteiger partial charge on any atom is 0.276 e. The van der Waals surface area contributed by atoms with Crippen LogP contribution in [0.3, 0.4) is 0 Å². The second-order valence-electron chi connectivity index (χ2n) is 6.28. The van der Waals surface area contributed by atoms with Gasteiger partial charge in [-0.15, -0.1) is 11.8 Å². The molecule has 0 spiro atoms. The van der Waals surface area contributed by atoms with E-state index in [0.29, 0.717) is 23.0 Å². The second kappa shape index (κ2) is 11.2. The van der Waals surface area contributed by atoms with Crippen LogP contribution in [0.25, 0.3) is 0 Å². The maximum absolute atomic E-state index is 11.9. The second-order valence-corrected chi connectivity index (χ2v) is 7.26. The molecular weight excluding hydrogens is 392 g/mol. The number of methoxy groups -OCH3 is 2. The van der Waals surface area contributed by atoms with E-state index in [4.69, 9.17) is 14.2 Å². The molecule has 0 atom stereocenters. The summed E-state index contributed by atoms with van der Waals surface area (Å²) in [4.78, 5) is 23.8. The Morgan fingerprint density at radius 1 is 0.897 bits per heavy atom. The summed E-state index contributed by atoms with van der Waals surface area (Å²) < 4.78 is 16.0. The highest BCUT2D eigenvalue weighted by molar-refractivity contribution is 7.99. The van der Waals surface area contributed by atoms with Gasteiger partial charge in [-0.05, 0) is 48.7 Å². The van der Waals surface area contributed by atoms with Gasteiger partial charge in [-0.3, -0.25) is 20.4 Å². The highest BCUT2D eigenvalue weighted by Crippen LogP contribution is 2.31. The van der Waals surface area contributed by atoms with Crippen molar-refractivity contribution >= 4 is 23.6 Å². The van der Waals surface area contributed by atoms with Crippen LogP contribution in [-0.2, 0) is 15.3 Å². The molecule has 29 heavy (non-hydrogen) atoms. The molecule has 0 heterocycles. The first kappa shape index (κ1) is 22.4. The van der Waals surface area contributed by atoms with Gasteiger partial charge in [-0.2, -0.15) is 0 Å². The highest BCUT2D eigenvalue weighted by Gasteiger charge is 2.10. The fourth-order valence-electron chi connectivity index (χ4n) is 2.51. The zero-order valence-corrected chi connectivity index (χ0v) is 17.9. The predicted molar refractivity (Wildman–Crippen MR) is 113 cm³/mol. The van der Waals surface area contributed by atoms with E-state index in [9.17, 15) is 9.59 Å². The number of benzene rings is 2. The number of para-hydroxylation sites is 1. The molecule has 156 valence electrons. The summed E-state index contributed by atoms with van der Waals surface area (Å²) in [6, 6.07) is 11.2. The van der Waals surface area contributed by atoms with E-state index < -0.39 is 5.91 Å². The van der Waals surface area contributed by atoms with Gasteiger partial charge in [0.15, 0.2) is 18.1 Å². The Morgan fingerprint density at radius 2 is 1.55 bits per heavy atom. The minimum absolute atomic E-state index is 0.177. The predicted octanol–water partition coefficient (Wildman–Crippen LogP) is 2.78. The maximum atomic E-state index is 11.9. The average Bonchev–Trinajstić information content (AvgIpc) is 2.72. The lowest BCUT2D eigenvalue weighted by molar-refractivity contribution is -0.128. The van der Waals surface area contributed by atoms with Crippen molar-refractivity contribution in [2.75, 3.05) is 26.6 Å². The number of carbonyl (C=O) groups is 2. The molecule has 8 heteroatoms. The van der Waals surface area contributed by atoms with E-state index >= 15 is 0 Å². The summed E-state index contributed by atoms with van der Waals surface area (Å²) in [7, 11) is 3.18.